The van der Waals surface area contributed by atoms with Gasteiger partial charge in [0.2, 0.25) is 5.95 Å². The lowest BCUT2D eigenvalue weighted by molar-refractivity contribution is -0.132. The summed E-state index contributed by atoms with van der Waals surface area (Å²) in [4.78, 5) is 21.0. The fraction of sp³-hybridized carbons (Fsp3) is 0.182. The van der Waals surface area contributed by atoms with Crippen LogP contribution in [0, 0.1) is 5.82 Å². The van der Waals surface area contributed by atoms with Gasteiger partial charge in [0.05, 0.1) is 23.6 Å². The van der Waals surface area contributed by atoms with Crippen molar-refractivity contribution in [1.82, 2.24) is 20.2 Å². The van der Waals surface area contributed by atoms with Gasteiger partial charge in [0.25, 0.3) is 5.91 Å². The van der Waals surface area contributed by atoms with Crippen molar-refractivity contribution in [2.45, 2.75) is 19.4 Å². The third-order valence-electron chi connectivity index (χ3n) is 4.88. The molecule has 0 unspecified atom stereocenters. The Morgan fingerprint density at radius 1 is 1.19 bits per heavy atom. The fourth-order valence-corrected chi connectivity index (χ4v) is 3.24. The van der Waals surface area contributed by atoms with Crippen LogP contribution in [-0.2, 0) is 4.79 Å². The molecule has 0 atom stereocenters. The molecular weight excluding hydrogens is 413 g/mol. The van der Waals surface area contributed by atoms with Crippen molar-refractivity contribution >= 4 is 40.0 Å². The van der Waals surface area contributed by atoms with E-state index in [1.807, 2.05) is 42.5 Å². The molecule has 0 saturated heterocycles. The van der Waals surface area contributed by atoms with Crippen LogP contribution in [-0.4, -0.2) is 38.7 Å². The van der Waals surface area contributed by atoms with Gasteiger partial charge in [-0.3, -0.25) is 9.89 Å². The number of hydrogen-bond donors (Lipinski definition) is 3. The minimum atomic E-state index is -0.761. The third kappa shape index (κ3) is 4.15. The lowest BCUT2D eigenvalue weighted by atomic mass is 10.0. The van der Waals surface area contributed by atoms with E-state index >= 15 is 0 Å². The number of amides is 1. The SMILES string of the molecule is CN1C(=O)C(C)(C)Oc2ccccc21.Nc1nc(Nc2ccc3cn[nH]c3c2)ncc1F. The van der Waals surface area contributed by atoms with E-state index in [1.165, 1.54) is 0 Å². The van der Waals surface area contributed by atoms with Crippen LogP contribution in [0.3, 0.4) is 0 Å². The first kappa shape index (κ1) is 21.0. The number of rotatable bonds is 2. The quantitative estimate of drug-likeness (QED) is 0.439. The molecule has 1 amide bonds. The number of hydrogen-bond acceptors (Lipinski definition) is 7. The summed E-state index contributed by atoms with van der Waals surface area (Å²) in [6.07, 6.45) is 2.75. The number of benzene rings is 2. The van der Waals surface area contributed by atoms with Crippen LogP contribution in [0.15, 0.2) is 54.9 Å². The number of H-pyrrole nitrogens is 1. The molecule has 10 heteroatoms. The molecule has 3 heterocycles. The second kappa shape index (κ2) is 8.14. The molecular formula is C22H22FN7O2. The van der Waals surface area contributed by atoms with Crippen LogP contribution in [0.5, 0.6) is 5.75 Å². The molecule has 0 spiro atoms. The van der Waals surface area contributed by atoms with E-state index in [-0.39, 0.29) is 17.7 Å². The number of likely N-dealkylation sites (N-methyl/N-ethyl adjacent to an activating group) is 1. The van der Waals surface area contributed by atoms with Gasteiger partial charge in [0.1, 0.15) is 5.75 Å². The molecule has 0 fully saturated rings. The third-order valence-corrected chi connectivity index (χ3v) is 4.88. The van der Waals surface area contributed by atoms with Crippen molar-refractivity contribution < 1.29 is 13.9 Å². The molecule has 1 aliphatic rings. The van der Waals surface area contributed by atoms with E-state index < -0.39 is 11.4 Å². The second-order valence-electron chi connectivity index (χ2n) is 7.67. The van der Waals surface area contributed by atoms with Crippen LogP contribution in [0.4, 0.5) is 27.5 Å². The van der Waals surface area contributed by atoms with Gasteiger partial charge >= 0.3 is 0 Å². The summed E-state index contributed by atoms with van der Waals surface area (Å²) in [6, 6.07) is 13.1. The summed E-state index contributed by atoms with van der Waals surface area (Å²) in [5.74, 6) is 0.170. The molecule has 5 rings (SSSR count). The van der Waals surface area contributed by atoms with Crippen molar-refractivity contribution in [3.63, 3.8) is 0 Å². The largest absolute Gasteiger partial charge is 0.476 e. The molecule has 2 aromatic heterocycles. The summed E-state index contributed by atoms with van der Waals surface area (Å²) in [5.41, 5.74) is 7.08. The van der Waals surface area contributed by atoms with Crippen LogP contribution in [0.1, 0.15) is 13.8 Å². The summed E-state index contributed by atoms with van der Waals surface area (Å²) < 4.78 is 18.5. The predicted octanol–water partition coefficient (Wildman–Crippen LogP) is 3.64. The first-order chi connectivity index (χ1) is 15.2. The van der Waals surface area contributed by atoms with Gasteiger partial charge in [-0.05, 0) is 44.2 Å². The van der Waals surface area contributed by atoms with Gasteiger partial charge in [-0.15, -0.1) is 0 Å². The maximum absolute atomic E-state index is 12.9. The molecule has 164 valence electrons. The lowest BCUT2D eigenvalue weighted by Gasteiger charge is -2.36. The van der Waals surface area contributed by atoms with Gasteiger partial charge < -0.3 is 20.7 Å². The molecule has 4 aromatic rings. The molecule has 9 nitrogen and oxygen atoms in total. The Balaban J connectivity index is 0.000000158. The van der Waals surface area contributed by atoms with Gasteiger partial charge in [-0.1, -0.05) is 12.1 Å². The van der Waals surface area contributed by atoms with Gasteiger partial charge in [-0.25, -0.2) is 9.37 Å². The average Bonchev–Trinajstić information content (AvgIpc) is 3.23. The van der Waals surface area contributed by atoms with Crippen molar-refractivity contribution in [3.05, 3.63) is 60.7 Å². The van der Waals surface area contributed by atoms with E-state index in [0.717, 1.165) is 34.2 Å². The zero-order valence-electron chi connectivity index (χ0n) is 17.8. The van der Waals surface area contributed by atoms with Crippen LogP contribution < -0.4 is 20.7 Å². The second-order valence-corrected chi connectivity index (χ2v) is 7.67. The molecule has 32 heavy (non-hydrogen) atoms. The van der Waals surface area contributed by atoms with Gasteiger partial charge in [-0.2, -0.15) is 10.1 Å². The van der Waals surface area contributed by atoms with E-state index in [2.05, 4.69) is 25.5 Å². The number of para-hydroxylation sites is 2. The maximum atomic E-state index is 12.9. The van der Waals surface area contributed by atoms with Crippen molar-refractivity contribution in [2.75, 3.05) is 23.0 Å². The minimum Gasteiger partial charge on any atom is -0.476 e. The number of carbonyl (C=O) groups is 1. The first-order valence-corrected chi connectivity index (χ1v) is 9.79. The smallest absolute Gasteiger partial charge is 0.270 e. The lowest BCUT2D eigenvalue weighted by Crippen LogP contribution is -2.50. The highest BCUT2D eigenvalue weighted by Gasteiger charge is 2.38. The highest BCUT2D eigenvalue weighted by Crippen LogP contribution is 2.36. The molecule has 4 N–H and O–H groups in total. The number of nitrogen functional groups attached to an aromatic ring is 1. The minimum absolute atomic E-state index is 0.0174. The Hall–Kier alpha value is -4.21. The Bertz CT molecular complexity index is 1290. The van der Waals surface area contributed by atoms with Crippen LogP contribution in [0.2, 0.25) is 0 Å². The molecule has 0 aliphatic carbocycles. The number of aromatic amines is 1. The number of fused-ring (bicyclic) bond motifs is 2. The standard InChI is InChI=1S/C11H9FN6.C11H13NO2/c12-8-5-14-11(17-10(8)13)16-7-2-1-6-4-15-18-9(6)3-7;1-11(2)10(13)12(3)8-6-4-5-7-9(8)14-11/h1-5H,(H,15,18)(H3,13,14,16,17);4-7H,1-3H3. The Morgan fingerprint density at radius 3 is 2.75 bits per heavy atom. The summed E-state index contributed by atoms with van der Waals surface area (Å²) in [7, 11) is 1.77. The normalized spacial score (nSPS) is 14.2. The summed E-state index contributed by atoms with van der Waals surface area (Å²) in [6.45, 7) is 3.56. The first-order valence-electron chi connectivity index (χ1n) is 9.79. The zero-order valence-corrected chi connectivity index (χ0v) is 17.8. The topological polar surface area (TPSA) is 122 Å². The summed E-state index contributed by atoms with van der Waals surface area (Å²) in [5, 5.41) is 10.7. The molecule has 0 saturated carbocycles. The van der Waals surface area contributed by atoms with E-state index in [9.17, 15) is 9.18 Å². The molecule has 0 bridgehead atoms. The van der Waals surface area contributed by atoms with Crippen LogP contribution in [0.25, 0.3) is 10.9 Å². The van der Waals surface area contributed by atoms with Crippen molar-refractivity contribution in [3.8, 4) is 5.75 Å². The molecule has 2 aromatic carbocycles. The number of anilines is 4. The van der Waals surface area contributed by atoms with Crippen LogP contribution >= 0.6 is 0 Å². The van der Waals surface area contributed by atoms with E-state index in [1.54, 1.807) is 32.0 Å². The zero-order chi connectivity index (χ0) is 22.9. The summed E-state index contributed by atoms with van der Waals surface area (Å²) >= 11 is 0. The number of aromatic nitrogens is 4. The van der Waals surface area contributed by atoms with Crippen molar-refractivity contribution in [2.24, 2.45) is 0 Å². The van der Waals surface area contributed by atoms with Crippen molar-refractivity contribution in [1.29, 1.82) is 0 Å². The predicted molar refractivity (Wildman–Crippen MR) is 120 cm³/mol. The number of halogens is 1. The number of ether oxygens (including phenoxy) is 1. The highest BCUT2D eigenvalue weighted by molar-refractivity contribution is 6.01. The van der Waals surface area contributed by atoms with E-state index in [0.29, 0.717) is 0 Å². The number of nitrogens with one attached hydrogen (secondary N) is 2. The highest BCUT2D eigenvalue weighted by atomic mass is 19.1. The van der Waals surface area contributed by atoms with Gasteiger partial charge in [0.15, 0.2) is 17.2 Å². The number of carbonyl (C=O) groups excluding carboxylic acids is 1. The Kier molecular flexibility index (Phi) is 5.35. The fourth-order valence-electron chi connectivity index (χ4n) is 3.24. The number of nitrogens with two attached hydrogens (primary N) is 1. The Labute approximate surface area is 183 Å². The maximum Gasteiger partial charge on any atom is 0.270 e. The van der Waals surface area contributed by atoms with E-state index in [4.69, 9.17) is 10.5 Å². The number of nitrogens with zero attached hydrogens (tertiary/aromatic N) is 4. The monoisotopic (exact) mass is 435 g/mol. The average molecular weight is 435 g/mol. The Morgan fingerprint density at radius 2 is 1.97 bits per heavy atom. The van der Waals surface area contributed by atoms with Gasteiger partial charge in [0, 0.05) is 18.1 Å². The molecule has 1 aliphatic heterocycles. The molecule has 0 radical (unpaired) electrons.